The minimum absolute atomic E-state index is 0.107. The van der Waals surface area contributed by atoms with Crippen LogP contribution in [0.3, 0.4) is 0 Å². The van der Waals surface area contributed by atoms with Gasteiger partial charge in [-0.3, -0.25) is 9.59 Å². The summed E-state index contributed by atoms with van der Waals surface area (Å²) in [6.45, 7) is 3.43. The number of nitrogens with zero attached hydrogens (tertiary/aromatic N) is 4. The van der Waals surface area contributed by atoms with E-state index < -0.39 is 24.1 Å². The van der Waals surface area contributed by atoms with Gasteiger partial charge in [-0.1, -0.05) is 6.92 Å². The number of carbonyl (C=O) groups excluding carboxylic acids is 2. The molecule has 2 N–H and O–H groups in total. The normalized spacial score (nSPS) is 22.1. The molecule has 0 aliphatic carbocycles. The van der Waals surface area contributed by atoms with Crippen molar-refractivity contribution in [3.63, 3.8) is 0 Å². The third kappa shape index (κ3) is 4.48. The van der Waals surface area contributed by atoms with Gasteiger partial charge in [-0.2, -0.15) is 11.8 Å². The minimum atomic E-state index is -0.654. The van der Waals surface area contributed by atoms with Crippen LogP contribution in [0, 0.1) is 0 Å². The summed E-state index contributed by atoms with van der Waals surface area (Å²) in [6.07, 6.45) is 1.17. The number of hydrogen-bond donors (Lipinski definition) is 1. The molecule has 1 saturated heterocycles. The van der Waals surface area contributed by atoms with Gasteiger partial charge in [-0.05, 0) is 5.75 Å². The van der Waals surface area contributed by atoms with Gasteiger partial charge < -0.3 is 24.5 Å². The van der Waals surface area contributed by atoms with Crippen LogP contribution in [0.15, 0.2) is 12.7 Å². The highest BCUT2D eigenvalue weighted by atomic mass is 32.2. The van der Waals surface area contributed by atoms with Gasteiger partial charge in [0.05, 0.1) is 12.9 Å². The van der Waals surface area contributed by atoms with Crippen molar-refractivity contribution in [2.45, 2.75) is 38.7 Å². The van der Waals surface area contributed by atoms with Gasteiger partial charge in [0.2, 0.25) is 0 Å². The molecule has 1 fully saturated rings. The number of imidazole rings is 1. The van der Waals surface area contributed by atoms with Gasteiger partial charge in [0.15, 0.2) is 23.7 Å². The summed E-state index contributed by atoms with van der Waals surface area (Å²) in [6, 6.07) is 0. The fourth-order valence-electron chi connectivity index (χ4n) is 2.83. The maximum absolute atomic E-state index is 12.4. The Morgan fingerprint density at radius 1 is 1.37 bits per heavy atom. The van der Waals surface area contributed by atoms with Crippen LogP contribution in [0.5, 0.6) is 0 Å². The summed E-state index contributed by atoms with van der Waals surface area (Å²) in [7, 11) is 0. The number of ether oxygens (including phenoxy) is 3. The molecule has 0 amide bonds. The Bertz CT molecular complexity index is 829. The Balaban J connectivity index is 1.66. The molecule has 3 atom stereocenters. The van der Waals surface area contributed by atoms with Crippen LogP contribution in [0.25, 0.3) is 11.2 Å². The molecule has 11 heteroatoms. The molecule has 2 aromatic heterocycles. The number of nitrogens with two attached hydrogens (primary N) is 1. The molecule has 0 saturated carbocycles. The molecule has 2 aromatic rings. The third-order valence-electron chi connectivity index (χ3n) is 4.01. The topological polar surface area (TPSA) is 131 Å². The number of rotatable bonds is 7. The number of anilines is 1. The van der Waals surface area contributed by atoms with E-state index >= 15 is 0 Å². The Morgan fingerprint density at radius 3 is 2.93 bits per heavy atom. The number of fused-ring (bicyclic) bond motifs is 1. The quantitative estimate of drug-likeness (QED) is 0.657. The summed E-state index contributed by atoms with van der Waals surface area (Å²) in [5.74, 6) is 0.857. The highest BCUT2D eigenvalue weighted by Crippen LogP contribution is 2.24. The SMILES string of the molecule is CCSC[C@H]1OC[C@@H](OC(=O)Cn2cnc3c(N)ncnc32)[C@@H]1OC(C)=O. The van der Waals surface area contributed by atoms with Gasteiger partial charge in [-0.15, -0.1) is 0 Å². The zero-order chi connectivity index (χ0) is 19.4. The van der Waals surface area contributed by atoms with Gasteiger partial charge in [0.1, 0.15) is 24.5 Å². The molecule has 0 spiro atoms. The van der Waals surface area contributed by atoms with E-state index in [0.717, 1.165) is 5.75 Å². The molecule has 1 aliphatic heterocycles. The number of carbonyl (C=O) groups is 2. The minimum Gasteiger partial charge on any atom is -0.456 e. The number of thioether (sulfide) groups is 1. The number of nitrogen functional groups attached to an aromatic ring is 1. The zero-order valence-corrected chi connectivity index (χ0v) is 15.8. The van der Waals surface area contributed by atoms with Crippen molar-refractivity contribution in [1.82, 2.24) is 19.5 Å². The van der Waals surface area contributed by atoms with Gasteiger partial charge in [0.25, 0.3) is 0 Å². The highest BCUT2D eigenvalue weighted by Gasteiger charge is 2.42. The first-order chi connectivity index (χ1) is 13.0. The standard InChI is InChI=1S/C16H21N5O5S/c1-3-27-6-11-14(25-9(2)22)10(5-24-11)26-12(23)4-21-8-20-13-15(17)18-7-19-16(13)21/h7-8,10-11,14H,3-6H2,1-2H3,(H2,17,18,19)/t10-,11-,14+/m1/s1. The van der Waals surface area contributed by atoms with Crippen LogP contribution >= 0.6 is 11.8 Å². The average molecular weight is 395 g/mol. The van der Waals surface area contributed by atoms with Crippen LogP contribution < -0.4 is 5.73 Å². The van der Waals surface area contributed by atoms with Crippen LogP contribution in [0.2, 0.25) is 0 Å². The summed E-state index contributed by atoms with van der Waals surface area (Å²) in [4.78, 5) is 35.9. The van der Waals surface area contributed by atoms with Crippen LogP contribution in [0.4, 0.5) is 5.82 Å². The maximum Gasteiger partial charge on any atom is 0.326 e. The second-order valence-electron chi connectivity index (χ2n) is 5.94. The molecule has 3 heterocycles. The molecule has 10 nitrogen and oxygen atoms in total. The first-order valence-corrected chi connectivity index (χ1v) is 9.62. The van der Waals surface area contributed by atoms with E-state index in [1.165, 1.54) is 24.1 Å². The molecule has 1 aliphatic rings. The Morgan fingerprint density at radius 2 is 2.19 bits per heavy atom. The van der Waals surface area contributed by atoms with E-state index in [4.69, 9.17) is 19.9 Å². The van der Waals surface area contributed by atoms with Crippen molar-refractivity contribution in [2.75, 3.05) is 23.8 Å². The van der Waals surface area contributed by atoms with Crippen molar-refractivity contribution in [2.24, 2.45) is 0 Å². The van der Waals surface area contributed by atoms with Crippen molar-refractivity contribution in [3.8, 4) is 0 Å². The summed E-state index contributed by atoms with van der Waals surface area (Å²) >= 11 is 1.67. The fraction of sp³-hybridized carbons (Fsp3) is 0.562. The van der Waals surface area contributed by atoms with Crippen molar-refractivity contribution >= 4 is 40.7 Å². The van der Waals surface area contributed by atoms with Crippen LogP contribution in [-0.4, -0.2) is 67.9 Å². The van der Waals surface area contributed by atoms with Gasteiger partial charge >= 0.3 is 11.9 Å². The van der Waals surface area contributed by atoms with Gasteiger partial charge in [-0.25, -0.2) is 15.0 Å². The lowest BCUT2D eigenvalue weighted by molar-refractivity contribution is -0.164. The average Bonchev–Trinajstić information content (AvgIpc) is 3.19. The Labute approximate surface area is 159 Å². The largest absolute Gasteiger partial charge is 0.456 e. The summed E-state index contributed by atoms with van der Waals surface area (Å²) in [5.41, 5.74) is 6.60. The monoisotopic (exact) mass is 395 g/mol. The fourth-order valence-corrected chi connectivity index (χ4v) is 3.58. The predicted molar refractivity (Wildman–Crippen MR) is 97.9 cm³/mol. The highest BCUT2D eigenvalue weighted by molar-refractivity contribution is 7.99. The summed E-state index contributed by atoms with van der Waals surface area (Å²) in [5, 5.41) is 0. The molecule has 0 bridgehead atoms. The van der Waals surface area contributed by atoms with Crippen molar-refractivity contribution < 1.29 is 23.8 Å². The lowest BCUT2D eigenvalue weighted by Crippen LogP contribution is -2.39. The Hall–Kier alpha value is -2.40. The van der Waals surface area contributed by atoms with E-state index in [9.17, 15) is 9.59 Å². The van der Waals surface area contributed by atoms with E-state index in [-0.39, 0.29) is 25.1 Å². The number of hydrogen-bond acceptors (Lipinski definition) is 10. The van der Waals surface area contributed by atoms with Crippen LogP contribution in [0.1, 0.15) is 13.8 Å². The Kier molecular flexibility index (Phi) is 6.11. The van der Waals surface area contributed by atoms with E-state index in [2.05, 4.69) is 15.0 Å². The van der Waals surface area contributed by atoms with Crippen molar-refractivity contribution in [3.05, 3.63) is 12.7 Å². The number of aromatic nitrogens is 4. The molecular weight excluding hydrogens is 374 g/mol. The van der Waals surface area contributed by atoms with E-state index in [1.807, 2.05) is 6.92 Å². The summed E-state index contributed by atoms with van der Waals surface area (Å²) < 4.78 is 18.1. The lowest BCUT2D eigenvalue weighted by atomic mass is 10.1. The third-order valence-corrected chi connectivity index (χ3v) is 4.98. The molecule has 0 radical (unpaired) electrons. The molecule has 0 aromatic carbocycles. The van der Waals surface area contributed by atoms with E-state index in [0.29, 0.717) is 16.9 Å². The smallest absolute Gasteiger partial charge is 0.326 e. The zero-order valence-electron chi connectivity index (χ0n) is 15.0. The van der Waals surface area contributed by atoms with Crippen molar-refractivity contribution in [1.29, 1.82) is 0 Å². The molecular formula is C16H21N5O5S. The van der Waals surface area contributed by atoms with Gasteiger partial charge in [0, 0.05) is 12.7 Å². The maximum atomic E-state index is 12.4. The molecule has 27 heavy (non-hydrogen) atoms. The first kappa shape index (κ1) is 19.4. The van der Waals surface area contributed by atoms with E-state index in [1.54, 1.807) is 11.8 Å². The molecule has 0 unspecified atom stereocenters. The second-order valence-corrected chi connectivity index (χ2v) is 7.26. The lowest BCUT2D eigenvalue weighted by Gasteiger charge is -2.22. The first-order valence-electron chi connectivity index (χ1n) is 8.47. The number of esters is 2. The van der Waals surface area contributed by atoms with Crippen LogP contribution in [-0.2, 0) is 30.3 Å². The predicted octanol–water partition coefficient (Wildman–Crippen LogP) is 0.404. The molecule has 3 rings (SSSR count). The second kappa shape index (κ2) is 8.53. The molecule has 146 valence electrons.